The fraction of sp³-hybridized carbons (Fsp3) is 0.435. The molecule has 2 aromatic rings. The molecule has 0 aliphatic carbocycles. The predicted octanol–water partition coefficient (Wildman–Crippen LogP) is 4.78. The van der Waals surface area contributed by atoms with E-state index >= 15 is 0 Å². The van der Waals surface area contributed by atoms with Gasteiger partial charge in [-0.05, 0) is 36.0 Å². The van der Waals surface area contributed by atoms with Crippen molar-refractivity contribution in [1.82, 2.24) is 4.90 Å². The van der Waals surface area contributed by atoms with Crippen LogP contribution in [0.25, 0.3) is 0 Å². The molecule has 2 heterocycles. The van der Waals surface area contributed by atoms with Gasteiger partial charge in [0.1, 0.15) is 11.4 Å². The summed E-state index contributed by atoms with van der Waals surface area (Å²) in [5, 5.41) is 8.56. The second kappa shape index (κ2) is 8.04. The maximum atomic E-state index is 13.3. The van der Waals surface area contributed by atoms with Gasteiger partial charge in [-0.2, -0.15) is 13.2 Å². The third-order valence-electron chi connectivity index (χ3n) is 6.26. The molecule has 2 fully saturated rings. The Balaban J connectivity index is 1.42. The molecule has 0 bridgehead atoms. The van der Waals surface area contributed by atoms with E-state index in [4.69, 9.17) is 14.9 Å². The maximum absolute atomic E-state index is 13.3. The van der Waals surface area contributed by atoms with Crippen LogP contribution >= 0.6 is 0 Å². The Labute approximate surface area is 174 Å². The van der Waals surface area contributed by atoms with Crippen LogP contribution < -0.4 is 0 Å². The molecule has 2 aliphatic rings. The molecule has 0 spiro atoms. The monoisotopic (exact) mass is 418 g/mol. The Morgan fingerprint density at radius 2 is 1.70 bits per heavy atom. The van der Waals surface area contributed by atoms with Crippen LogP contribution in [0.1, 0.15) is 41.0 Å². The van der Waals surface area contributed by atoms with Crippen molar-refractivity contribution in [2.75, 3.05) is 33.4 Å². The van der Waals surface area contributed by atoms with E-state index in [1.54, 1.807) is 19.2 Å². The lowest BCUT2D eigenvalue weighted by molar-refractivity contribution is -0.202. The summed E-state index contributed by atoms with van der Waals surface area (Å²) in [7, 11) is 1.67. The number of nitrogens with zero attached hydrogens (tertiary/aromatic N) is 1. The summed E-state index contributed by atoms with van der Waals surface area (Å²) in [6.07, 6.45) is -3.15. The lowest BCUT2D eigenvalue weighted by atomic mass is 9.86. The molecule has 4 nitrogen and oxygen atoms in total. The SMILES string of the molecule is COC1(c2ccc(C(=N)N3CCC(c4ccccc4C(F)(F)F)CC3)cc2)COC1. The van der Waals surface area contributed by atoms with Crippen molar-refractivity contribution in [2.45, 2.75) is 30.5 Å². The third-order valence-corrected chi connectivity index (χ3v) is 6.26. The number of hydrogen-bond donors (Lipinski definition) is 1. The Morgan fingerprint density at radius 1 is 1.07 bits per heavy atom. The van der Waals surface area contributed by atoms with Crippen LogP contribution in [0.15, 0.2) is 48.5 Å². The number of alkyl halides is 3. The number of methoxy groups -OCH3 is 1. The topological polar surface area (TPSA) is 45.5 Å². The average Bonchev–Trinajstić information content (AvgIpc) is 2.73. The Bertz CT molecular complexity index is 894. The van der Waals surface area contributed by atoms with Gasteiger partial charge in [-0.1, -0.05) is 42.5 Å². The standard InChI is InChI=1S/C23H25F3N2O2/c1-29-22(14-30-15-22)18-8-6-17(7-9-18)21(27)28-12-10-16(11-13-28)19-4-2-3-5-20(19)23(24,25)26/h2-9,16,27H,10-15H2,1H3. The molecule has 7 heteroatoms. The largest absolute Gasteiger partial charge is 0.416 e. The zero-order chi connectivity index (χ0) is 21.4. The molecule has 2 saturated heterocycles. The third kappa shape index (κ3) is 3.84. The first-order chi connectivity index (χ1) is 14.3. The van der Waals surface area contributed by atoms with Crippen LogP contribution in [0.4, 0.5) is 13.2 Å². The molecule has 0 unspecified atom stereocenters. The Hall–Kier alpha value is -2.38. The van der Waals surface area contributed by atoms with Crippen LogP contribution in [-0.4, -0.2) is 44.1 Å². The highest BCUT2D eigenvalue weighted by Crippen LogP contribution is 2.39. The highest BCUT2D eigenvalue weighted by atomic mass is 19.4. The Kier molecular flexibility index (Phi) is 5.59. The van der Waals surface area contributed by atoms with Crippen LogP contribution in [0.5, 0.6) is 0 Å². The molecule has 2 aromatic carbocycles. The van der Waals surface area contributed by atoms with Gasteiger partial charge in [0.25, 0.3) is 0 Å². The number of nitrogens with one attached hydrogen (secondary N) is 1. The number of hydrogen-bond acceptors (Lipinski definition) is 3. The first kappa shape index (κ1) is 20.9. The van der Waals surface area contributed by atoms with E-state index in [9.17, 15) is 13.2 Å². The average molecular weight is 418 g/mol. The van der Waals surface area contributed by atoms with Crippen molar-refractivity contribution < 1.29 is 22.6 Å². The molecule has 0 atom stereocenters. The summed E-state index contributed by atoms with van der Waals surface area (Å²) < 4.78 is 50.9. The van der Waals surface area contributed by atoms with Gasteiger partial charge in [0.05, 0.1) is 18.8 Å². The van der Waals surface area contributed by atoms with Gasteiger partial charge >= 0.3 is 6.18 Å². The van der Waals surface area contributed by atoms with Crippen molar-refractivity contribution in [3.63, 3.8) is 0 Å². The molecule has 1 N–H and O–H groups in total. The highest BCUT2D eigenvalue weighted by Gasteiger charge is 2.40. The van der Waals surface area contributed by atoms with Crippen LogP contribution in [0, 0.1) is 5.41 Å². The first-order valence-corrected chi connectivity index (χ1v) is 10.1. The number of piperidine rings is 1. The van der Waals surface area contributed by atoms with Gasteiger partial charge in [-0.15, -0.1) is 0 Å². The van der Waals surface area contributed by atoms with E-state index in [1.165, 1.54) is 6.07 Å². The number of benzene rings is 2. The second-order valence-electron chi connectivity index (χ2n) is 7.96. The van der Waals surface area contributed by atoms with Crippen LogP contribution in [0.2, 0.25) is 0 Å². The van der Waals surface area contributed by atoms with Crippen molar-refractivity contribution in [1.29, 1.82) is 5.41 Å². The fourth-order valence-corrected chi connectivity index (χ4v) is 4.33. The van der Waals surface area contributed by atoms with Crippen molar-refractivity contribution in [3.8, 4) is 0 Å². The zero-order valence-corrected chi connectivity index (χ0v) is 16.8. The second-order valence-corrected chi connectivity index (χ2v) is 7.96. The molecule has 0 amide bonds. The number of ether oxygens (including phenoxy) is 2. The normalized spacial score (nSPS) is 19.4. The summed E-state index contributed by atoms with van der Waals surface area (Å²) in [5.74, 6) is 0.259. The van der Waals surface area contributed by atoms with Crippen molar-refractivity contribution in [2.24, 2.45) is 0 Å². The molecule has 0 aromatic heterocycles. The molecule has 2 aliphatic heterocycles. The molecule has 160 valence electrons. The Morgan fingerprint density at radius 3 is 2.23 bits per heavy atom. The smallest absolute Gasteiger partial charge is 0.375 e. The maximum Gasteiger partial charge on any atom is 0.416 e. The van der Waals surface area contributed by atoms with Crippen molar-refractivity contribution >= 4 is 5.84 Å². The highest BCUT2D eigenvalue weighted by molar-refractivity contribution is 5.96. The molecule has 30 heavy (non-hydrogen) atoms. The van der Waals surface area contributed by atoms with Gasteiger partial charge < -0.3 is 14.4 Å². The predicted molar refractivity (Wildman–Crippen MR) is 108 cm³/mol. The van der Waals surface area contributed by atoms with Crippen LogP contribution in [-0.2, 0) is 21.3 Å². The summed E-state index contributed by atoms with van der Waals surface area (Å²) in [5.41, 5.74) is 1.24. The van der Waals surface area contributed by atoms with E-state index < -0.39 is 17.3 Å². The van der Waals surface area contributed by atoms with E-state index in [0.717, 1.165) is 17.2 Å². The number of halogens is 3. The molecule has 0 saturated carbocycles. The molecular formula is C23H25F3N2O2. The van der Waals surface area contributed by atoms with Gasteiger partial charge in [-0.25, -0.2) is 0 Å². The van der Waals surface area contributed by atoms with Gasteiger partial charge in [0.2, 0.25) is 0 Å². The van der Waals surface area contributed by atoms with E-state index in [2.05, 4.69) is 0 Å². The van der Waals surface area contributed by atoms with Gasteiger partial charge in [-0.3, -0.25) is 5.41 Å². The number of likely N-dealkylation sites (tertiary alicyclic amines) is 1. The molecular weight excluding hydrogens is 393 g/mol. The quantitative estimate of drug-likeness (QED) is 0.574. The molecule has 0 radical (unpaired) electrons. The molecule has 4 rings (SSSR count). The van der Waals surface area contributed by atoms with E-state index in [-0.39, 0.29) is 5.92 Å². The van der Waals surface area contributed by atoms with E-state index in [0.29, 0.717) is 50.5 Å². The summed E-state index contributed by atoms with van der Waals surface area (Å²) in [4.78, 5) is 1.94. The van der Waals surface area contributed by atoms with Gasteiger partial charge in [0.15, 0.2) is 0 Å². The number of amidine groups is 1. The minimum absolute atomic E-state index is 0.144. The summed E-state index contributed by atoms with van der Waals surface area (Å²) in [6.45, 7) is 2.17. The first-order valence-electron chi connectivity index (χ1n) is 10.1. The van der Waals surface area contributed by atoms with Crippen molar-refractivity contribution in [3.05, 3.63) is 70.8 Å². The summed E-state index contributed by atoms with van der Waals surface area (Å²) in [6, 6.07) is 13.6. The van der Waals surface area contributed by atoms with Crippen LogP contribution in [0.3, 0.4) is 0 Å². The lowest BCUT2D eigenvalue weighted by Crippen LogP contribution is -2.48. The lowest BCUT2D eigenvalue weighted by Gasteiger charge is -2.40. The minimum atomic E-state index is -4.34. The summed E-state index contributed by atoms with van der Waals surface area (Å²) >= 11 is 0. The number of rotatable bonds is 4. The minimum Gasteiger partial charge on any atom is -0.375 e. The van der Waals surface area contributed by atoms with E-state index in [1.807, 2.05) is 29.2 Å². The zero-order valence-electron chi connectivity index (χ0n) is 16.8. The fourth-order valence-electron chi connectivity index (χ4n) is 4.33. The van der Waals surface area contributed by atoms with Gasteiger partial charge in [0, 0.05) is 25.8 Å².